The summed E-state index contributed by atoms with van der Waals surface area (Å²) in [5.41, 5.74) is 3.65. The monoisotopic (exact) mass is 411 g/mol. The lowest BCUT2D eigenvalue weighted by atomic mass is 10.1. The molecule has 0 saturated carbocycles. The van der Waals surface area contributed by atoms with Gasteiger partial charge >= 0.3 is 0 Å². The summed E-state index contributed by atoms with van der Waals surface area (Å²) < 4.78 is 2.63. The standard InChI is InChI=1S/C18H14BrN5S/c19-15-11-21-24-17(22-13-6-8-14(25-20)9-7-13)10-16(23-18(15)24)12-4-2-1-3-5-12/h1-11,22H,20H2. The highest BCUT2D eigenvalue weighted by atomic mass is 79.9. The van der Waals surface area contributed by atoms with Crippen LogP contribution in [0.5, 0.6) is 0 Å². The second kappa shape index (κ2) is 6.87. The summed E-state index contributed by atoms with van der Waals surface area (Å²) in [6.45, 7) is 0. The minimum absolute atomic E-state index is 0.762. The molecule has 124 valence electrons. The van der Waals surface area contributed by atoms with Gasteiger partial charge in [0.15, 0.2) is 5.65 Å². The van der Waals surface area contributed by atoms with E-state index in [0.29, 0.717) is 0 Å². The molecule has 5 nitrogen and oxygen atoms in total. The molecule has 4 aromatic rings. The van der Waals surface area contributed by atoms with Crippen LogP contribution < -0.4 is 10.5 Å². The number of aromatic nitrogens is 3. The number of hydrogen-bond acceptors (Lipinski definition) is 5. The Labute approximate surface area is 157 Å². The number of fused-ring (bicyclic) bond motifs is 1. The zero-order valence-electron chi connectivity index (χ0n) is 13.1. The summed E-state index contributed by atoms with van der Waals surface area (Å²) in [7, 11) is 0. The van der Waals surface area contributed by atoms with Gasteiger partial charge in [-0.1, -0.05) is 30.3 Å². The van der Waals surface area contributed by atoms with Gasteiger partial charge in [0.05, 0.1) is 16.4 Å². The first kappa shape index (κ1) is 16.1. The van der Waals surface area contributed by atoms with Crippen molar-refractivity contribution < 1.29 is 0 Å². The number of rotatable bonds is 4. The molecule has 0 aliphatic rings. The highest BCUT2D eigenvalue weighted by Gasteiger charge is 2.11. The number of benzene rings is 2. The molecule has 7 heteroatoms. The van der Waals surface area contributed by atoms with Crippen molar-refractivity contribution in [3.63, 3.8) is 0 Å². The molecular weight excluding hydrogens is 398 g/mol. The summed E-state index contributed by atoms with van der Waals surface area (Å²) in [6.07, 6.45) is 1.75. The molecule has 0 bridgehead atoms. The predicted octanol–water partition coefficient (Wildman–Crippen LogP) is 4.87. The smallest absolute Gasteiger partial charge is 0.172 e. The zero-order valence-corrected chi connectivity index (χ0v) is 15.5. The van der Waals surface area contributed by atoms with Crippen LogP contribution in [0, 0.1) is 0 Å². The highest BCUT2D eigenvalue weighted by molar-refractivity contribution is 9.10. The van der Waals surface area contributed by atoms with E-state index in [1.807, 2.05) is 60.7 Å². The van der Waals surface area contributed by atoms with Gasteiger partial charge in [-0.05, 0) is 52.1 Å². The topological polar surface area (TPSA) is 68.2 Å². The van der Waals surface area contributed by atoms with Gasteiger partial charge in [-0.3, -0.25) is 5.14 Å². The molecule has 2 aromatic carbocycles. The lowest BCUT2D eigenvalue weighted by Crippen LogP contribution is -2.02. The maximum Gasteiger partial charge on any atom is 0.172 e. The van der Waals surface area contributed by atoms with Gasteiger partial charge in [-0.2, -0.15) is 9.61 Å². The van der Waals surface area contributed by atoms with Crippen molar-refractivity contribution in [2.45, 2.75) is 4.90 Å². The Morgan fingerprint density at radius 2 is 1.80 bits per heavy atom. The van der Waals surface area contributed by atoms with Crippen molar-refractivity contribution in [1.29, 1.82) is 0 Å². The van der Waals surface area contributed by atoms with Crippen LogP contribution in [0.3, 0.4) is 0 Å². The number of anilines is 2. The quantitative estimate of drug-likeness (QED) is 0.468. The Balaban J connectivity index is 1.81. The number of nitrogens with one attached hydrogen (secondary N) is 1. The first-order valence-corrected chi connectivity index (χ1v) is 9.25. The van der Waals surface area contributed by atoms with Gasteiger partial charge in [-0.25, -0.2) is 4.98 Å². The van der Waals surface area contributed by atoms with E-state index in [1.165, 1.54) is 11.9 Å². The molecule has 0 radical (unpaired) electrons. The van der Waals surface area contributed by atoms with E-state index in [2.05, 4.69) is 26.3 Å². The van der Waals surface area contributed by atoms with Crippen molar-refractivity contribution in [1.82, 2.24) is 14.6 Å². The summed E-state index contributed by atoms with van der Waals surface area (Å²) in [5, 5.41) is 13.4. The Morgan fingerprint density at radius 3 is 2.52 bits per heavy atom. The van der Waals surface area contributed by atoms with E-state index >= 15 is 0 Å². The Morgan fingerprint density at radius 1 is 1.04 bits per heavy atom. The van der Waals surface area contributed by atoms with Gasteiger partial charge in [0.1, 0.15) is 5.82 Å². The lowest BCUT2D eigenvalue weighted by molar-refractivity contribution is 0.949. The molecule has 0 unspecified atom stereocenters. The normalized spacial score (nSPS) is 11.0. The van der Waals surface area contributed by atoms with Gasteiger partial charge in [0.25, 0.3) is 0 Å². The average Bonchev–Trinajstić information content (AvgIpc) is 3.04. The molecule has 4 rings (SSSR count). The van der Waals surface area contributed by atoms with Crippen LogP contribution in [-0.2, 0) is 0 Å². The van der Waals surface area contributed by atoms with Crippen LogP contribution in [0.1, 0.15) is 0 Å². The maximum atomic E-state index is 5.58. The second-order valence-corrected chi connectivity index (χ2v) is 6.95. The largest absolute Gasteiger partial charge is 0.340 e. The summed E-state index contributed by atoms with van der Waals surface area (Å²) >= 11 is 4.75. The molecule has 25 heavy (non-hydrogen) atoms. The second-order valence-electron chi connectivity index (χ2n) is 5.39. The van der Waals surface area contributed by atoms with Crippen molar-refractivity contribution in [3.8, 4) is 11.3 Å². The van der Waals surface area contributed by atoms with Crippen molar-refractivity contribution in [2.24, 2.45) is 5.14 Å². The third kappa shape index (κ3) is 3.26. The zero-order chi connectivity index (χ0) is 17.2. The molecule has 0 amide bonds. The van der Waals surface area contributed by atoms with Crippen molar-refractivity contribution >= 4 is 45.0 Å². The minimum Gasteiger partial charge on any atom is -0.340 e. The third-order valence-corrected chi connectivity index (χ3v) is 4.86. The molecule has 0 spiro atoms. The van der Waals surface area contributed by atoms with Gasteiger partial charge in [-0.15, -0.1) is 0 Å². The van der Waals surface area contributed by atoms with Crippen LogP contribution in [0.2, 0.25) is 0 Å². The van der Waals surface area contributed by atoms with Crippen molar-refractivity contribution in [3.05, 3.63) is 71.3 Å². The molecule has 0 atom stereocenters. The molecule has 3 N–H and O–H groups in total. The van der Waals surface area contributed by atoms with Gasteiger partial charge in [0, 0.05) is 22.2 Å². The predicted molar refractivity (Wildman–Crippen MR) is 106 cm³/mol. The van der Waals surface area contributed by atoms with Crippen LogP contribution in [0.25, 0.3) is 16.9 Å². The Kier molecular flexibility index (Phi) is 4.44. The van der Waals surface area contributed by atoms with Crippen LogP contribution in [-0.4, -0.2) is 14.6 Å². The average molecular weight is 412 g/mol. The fourth-order valence-corrected chi connectivity index (χ4v) is 3.19. The fourth-order valence-electron chi connectivity index (χ4n) is 2.55. The number of nitrogens with zero attached hydrogens (tertiary/aromatic N) is 3. The molecule has 0 fully saturated rings. The fraction of sp³-hybridized carbons (Fsp3) is 0. The SMILES string of the molecule is NSc1ccc(Nc2cc(-c3ccccc3)nc3c(Br)cnn23)cc1. The van der Waals surface area contributed by atoms with Gasteiger partial charge < -0.3 is 5.32 Å². The molecule has 2 aromatic heterocycles. The van der Waals surface area contributed by atoms with E-state index in [9.17, 15) is 0 Å². The molecular formula is C18H14BrN5S. The third-order valence-electron chi connectivity index (χ3n) is 3.76. The minimum atomic E-state index is 0.762. The van der Waals surface area contributed by atoms with E-state index < -0.39 is 0 Å². The molecule has 0 saturated heterocycles. The van der Waals surface area contributed by atoms with Gasteiger partial charge in [0.2, 0.25) is 0 Å². The van der Waals surface area contributed by atoms with E-state index in [1.54, 1.807) is 10.7 Å². The Hall–Kier alpha value is -2.35. The van der Waals surface area contributed by atoms with E-state index in [-0.39, 0.29) is 0 Å². The highest BCUT2D eigenvalue weighted by Crippen LogP contribution is 2.28. The summed E-state index contributed by atoms with van der Waals surface area (Å²) in [4.78, 5) is 5.74. The van der Waals surface area contributed by atoms with E-state index in [0.717, 1.165) is 37.8 Å². The van der Waals surface area contributed by atoms with Crippen LogP contribution >= 0.6 is 27.9 Å². The molecule has 2 heterocycles. The first-order chi connectivity index (χ1) is 12.2. The number of hydrogen-bond donors (Lipinski definition) is 2. The van der Waals surface area contributed by atoms with Crippen LogP contribution in [0.4, 0.5) is 11.5 Å². The Bertz CT molecular complexity index is 1020. The first-order valence-electron chi connectivity index (χ1n) is 7.58. The molecule has 0 aliphatic heterocycles. The lowest BCUT2D eigenvalue weighted by Gasteiger charge is -2.11. The van der Waals surface area contributed by atoms with Crippen molar-refractivity contribution in [2.75, 3.05) is 5.32 Å². The summed E-state index contributed by atoms with van der Waals surface area (Å²) in [6, 6.07) is 20.0. The summed E-state index contributed by atoms with van der Waals surface area (Å²) in [5.74, 6) is 0.836. The molecule has 0 aliphatic carbocycles. The van der Waals surface area contributed by atoms with E-state index in [4.69, 9.17) is 10.1 Å². The number of nitrogens with two attached hydrogens (primary N) is 1. The number of halogens is 1. The maximum absolute atomic E-state index is 5.58. The van der Waals surface area contributed by atoms with Crippen LogP contribution in [0.15, 0.2) is 76.2 Å².